The number of nitrogens with zero attached hydrogens (tertiary/aromatic N) is 1. The fourth-order valence-corrected chi connectivity index (χ4v) is 1.47. The third-order valence-electron chi connectivity index (χ3n) is 3.19. The molecule has 0 N–H and O–H groups in total. The molecule has 0 aliphatic carbocycles. The van der Waals surface area contributed by atoms with Crippen LogP contribution >= 0.6 is 0 Å². The summed E-state index contributed by atoms with van der Waals surface area (Å²) >= 11 is 0. The summed E-state index contributed by atoms with van der Waals surface area (Å²) in [7, 11) is 0. The third-order valence-corrected chi connectivity index (χ3v) is 3.19. The van der Waals surface area contributed by atoms with Gasteiger partial charge in [-0.3, -0.25) is 19.3 Å². The lowest BCUT2D eigenvalue weighted by Crippen LogP contribution is -2.32. The molecule has 0 saturated heterocycles. The third kappa shape index (κ3) is 4.50. The Kier molecular flexibility index (Phi) is 4.86. The zero-order valence-corrected chi connectivity index (χ0v) is 11.9. The fraction of sp³-hybridized carbons (Fsp3) is 0.643. The van der Waals surface area contributed by atoms with Crippen molar-refractivity contribution in [3.63, 3.8) is 0 Å². The molecular formula is C14H21NO4. The van der Waals surface area contributed by atoms with Crippen molar-refractivity contribution >= 4 is 17.8 Å². The highest BCUT2D eigenvalue weighted by Gasteiger charge is 2.25. The Balaban J connectivity index is 2.28. The standard InChI is InChI=1S/C14H21NO4/c1-10(14(2,3)4)19-13(18)6-5-9-15-11(16)7-8-12(15)17/h7-8,10H,5-6,9H2,1-4H3. The molecule has 0 fully saturated rings. The van der Waals surface area contributed by atoms with Gasteiger partial charge >= 0.3 is 5.97 Å². The molecule has 106 valence electrons. The summed E-state index contributed by atoms with van der Waals surface area (Å²) in [6.45, 7) is 8.10. The molecule has 1 unspecified atom stereocenters. The van der Waals surface area contributed by atoms with Crippen LogP contribution in [0.5, 0.6) is 0 Å². The molecule has 2 amide bonds. The SMILES string of the molecule is CC(OC(=O)CCCN1C(=O)C=CC1=O)C(C)(C)C. The van der Waals surface area contributed by atoms with Crippen molar-refractivity contribution in [2.45, 2.75) is 46.6 Å². The Morgan fingerprint density at radius 3 is 2.26 bits per heavy atom. The van der Waals surface area contributed by atoms with Crippen LogP contribution in [0.1, 0.15) is 40.5 Å². The van der Waals surface area contributed by atoms with E-state index in [1.165, 1.54) is 12.2 Å². The Morgan fingerprint density at radius 2 is 1.79 bits per heavy atom. The molecule has 0 bridgehead atoms. The first-order chi connectivity index (χ1) is 8.71. The maximum Gasteiger partial charge on any atom is 0.306 e. The first kappa shape index (κ1) is 15.4. The van der Waals surface area contributed by atoms with Crippen molar-refractivity contribution in [3.8, 4) is 0 Å². The smallest absolute Gasteiger partial charge is 0.306 e. The molecule has 1 heterocycles. The molecule has 1 aliphatic rings. The maximum atomic E-state index is 11.6. The Labute approximate surface area is 113 Å². The number of carbonyl (C=O) groups excluding carboxylic acids is 3. The van der Waals surface area contributed by atoms with Crippen molar-refractivity contribution < 1.29 is 19.1 Å². The van der Waals surface area contributed by atoms with Gasteiger partial charge in [0.2, 0.25) is 0 Å². The van der Waals surface area contributed by atoms with E-state index in [0.717, 1.165) is 4.90 Å². The van der Waals surface area contributed by atoms with Gasteiger partial charge in [-0.1, -0.05) is 20.8 Å². The summed E-state index contributed by atoms with van der Waals surface area (Å²) in [5.41, 5.74) is -0.0968. The van der Waals surface area contributed by atoms with Crippen molar-refractivity contribution in [3.05, 3.63) is 12.2 Å². The van der Waals surface area contributed by atoms with E-state index < -0.39 is 0 Å². The van der Waals surface area contributed by atoms with E-state index in [-0.39, 0.29) is 42.3 Å². The maximum absolute atomic E-state index is 11.6. The Bertz CT molecular complexity index is 388. The summed E-state index contributed by atoms with van der Waals surface area (Å²) in [4.78, 5) is 35.3. The van der Waals surface area contributed by atoms with E-state index in [1.54, 1.807) is 0 Å². The first-order valence-electron chi connectivity index (χ1n) is 6.45. The normalized spacial score (nSPS) is 16.9. The number of carbonyl (C=O) groups is 3. The molecule has 1 atom stereocenters. The van der Waals surface area contributed by atoms with Crippen LogP contribution < -0.4 is 0 Å². The predicted molar refractivity (Wildman–Crippen MR) is 70.1 cm³/mol. The van der Waals surface area contributed by atoms with Crippen molar-refractivity contribution in [1.82, 2.24) is 4.90 Å². The van der Waals surface area contributed by atoms with Crippen LogP contribution in [0.4, 0.5) is 0 Å². The molecule has 0 aromatic rings. The van der Waals surface area contributed by atoms with Crippen LogP contribution in [0.3, 0.4) is 0 Å². The monoisotopic (exact) mass is 267 g/mol. The minimum absolute atomic E-state index is 0.0968. The molecule has 19 heavy (non-hydrogen) atoms. The average Bonchev–Trinajstić information content (AvgIpc) is 2.59. The zero-order valence-electron chi connectivity index (χ0n) is 11.9. The number of hydrogen-bond acceptors (Lipinski definition) is 4. The number of amides is 2. The molecule has 0 spiro atoms. The van der Waals surface area contributed by atoms with Crippen LogP contribution in [-0.2, 0) is 19.1 Å². The van der Waals surface area contributed by atoms with E-state index in [1.807, 2.05) is 27.7 Å². The first-order valence-corrected chi connectivity index (χ1v) is 6.45. The molecule has 1 rings (SSSR count). The second-order valence-electron chi connectivity index (χ2n) is 5.76. The van der Waals surface area contributed by atoms with E-state index in [0.29, 0.717) is 6.42 Å². The van der Waals surface area contributed by atoms with Crippen molar-refractivity contribution in [2.24, 2.45) is 5.41 Å². The van der Waals surface area contributed by atoms with Crippen LogP contribution in [0.25, 0.3) is 0 Å². The molecule has 1 aliphatic heterocycles. The lowest BCUT2D eigenvalue weighted by atomic mass is 9.90. The van der Waals surface area contributed by atoms with Gasteiger partial charge in [0.05, 0.1) is 0 Å². The second kappa shape index (κ2) is 5.99. The largest absolute Gasteiger partial charge is 0.462 e. The number of ether oxygens (including phenoxy) is 1. The highest BCUT2D eigenvalue weighted by molar-refractivity contribution is 6.12. The van der Waals surface area contributed by atoms with Crippen molar-refractivity contribution in [1.29, 1.82) is 0 Å². The summed E-state index contributed by atoms with van der Waals surface area (Å²) in [5, 5.41) is 0. The quantitative estimate of drug-likeness (QED) is 0.561. The Hall–Kier alpha value is -1.65. The Morgan fingerprint density at radius 1 is 1.26 bits per heavy atom. The lowest BCUT2D eigenvalue weighted by Gasteiger charge is -2.26. The molecule has 0 aromatic heterocycles. The van der Waals surface area contributed by atoms with Gasteiger partial charge in [0, 0.05) is 25.1 Å². The topological polar surface area (TPSA) is 63.7 Å². The summed E-state index contributed by atoms with van der Waals surface area (Å²) in [6.07, 6.45) is 2.94. The zero-order chi connectivity index (χ0) is 14.6. The van der Waals surface area contributed by atoms with Gasteiger partial charge in [-0.25, -0.2) is 0 Å². The molecule has 5 nitrogen and oxygen atoms in total. The summed E-state index contributed by atoms with van der Waals surface area (Å²) < 4.78 is 5.29. The molecule has 0 radical (unpaired) electrons. The molecule has 5 heteroatoms. The fourth-order valence-electron chi connectivity index (χ4n) is 1.47. The van der Waals surface area contributed by atoms with E-state index in [4.69, 9.17) is 4.74 Å². The predicted octanol–water partition coefficient (Wildman–Crippen LogP) is 1.67. The number of rotatable bonds is 5. The van der Waals surface area contributed by atoms with Crippen LogP contribution in [-0.4, -0.2) is 35.3 Å². The minimum Gasteiger partial charge on any atom is -0.462 e. The van der Waals surface area contributed by atoms with Crippen LogP contribution in [0, 0.1) is 5.41 Å². The molecule has 0 saturated carbocycles. The van der Waals surface area contributed by atoms with Gasteiger partial charge in [0.25, 0.3) is 11.8 Å². The summed E-state index contributed by atoms with van der Waals surface area (Å²) in [5.74, 6) is -0.933. The molecule has 0 aromatic carbocycles. The van der Waals surface area contributed by atoms with Gasteiger partial charge in [-0.15, -0.1) is 0 Å². The van der Waals surface area contributed by atoms with Gasteiger partial charge < -0.3 is 4.74 Å². The van der Waals surface area contributed by atoms with E-state index in [9.17, 15) is 14.4 Å². The second-order valence-corrected chi connectivity index (χ2v) is 5.76. The van der Waals surface area contributed by atoms with Crippen molar-refractivity contribution in [2.75, 3.05) is 6.54 Å². The highest BCUT2D eigenvalue weighted by atomic mass is 16.5. The average molecular weight is 267 g/mol. The van der Waals surface area contributed by atoms with Crippen LogP contribution in [0.2, 0.25) is 0 Å². The van der Waals surface area contributed by atoms with Crippen LogP contribution in [0.15, 0.2) is 12.2 Å². The number of imide groups is 1. The minimum atomic E-state index is -0.318. The van der Waals surface area contributed by atoms with E-state index >= 15 is 0 Å². The van der Waals surface area contributed by atoms with Gasteiger partial charge in [0.1, 0.15) is 6.10 Å². The van der Waals surface area contributed by atoms with Gasteiger partial charge in [-0.2, -0.15) is 0 Å². The number of hydrogen-bond donors (Lipinski definition) is 0. The van der Waals surface area contributed by atoms with E-state index in [2.05, 4.69) is 0 Å². The van der Waals surface area contributed by atoms with Gasteiger partial charge in [0.15, 0.2) is 0 Å². The lowest BCUT2D eigenvalue weighted by molar-refractivity contribution is -0.154. The highest BCUT2D eigenvalue weighted by Crippen LogP contribution is 2.22. The molecular weight excluding hydrogens is 246 g/mol. The summed E-state index contributed by atoms with van der Waals surface area (Å²) in [6, 6.07) is 0. The van der Waals surface area contributed by atoms with Gasteiger partial charge in [-0.05, 0) is 18.8 Å². The number of esters is 1.